The van der Waals surface area contributed by atoms with Crippen molar-refractivity contribution in [2.75, 3.05) is 17.4 Å². The van der Waals surface area contributed by atoms with Crippen molar-refractivity contribution in [1.29, 1.82) is 0 Å². The van der Waals surface area contributed by atoms with E-state index in [2.05, 4.69) is 20.9 Å². The van der Waals surface area contributed by atoms with E-state index in [0.717, 1.165) is 5.56 Å². The Morgan fingerprint density at radius 1 is 1.16 bits per heavy atom. The van der Waals surface area contributed by atoms with E-state index in [4.69, 9.17) is 9.47 Å². The van der Waals surface area contributed by atoms with Crippen LogP contribution in [0.4, 0.5) is 10.8 Å². The predicted octanol–water partition coefficient (Wildman–Crippen LogP) is 3.01. The number of rotatable bonds is 5. The van der Waals surface area contributed by atoms with Crippen molar-refractivity contribution in [3.63, 3.8) is 0 Å². The Hall–Kier alpha value is -3.92. The first-order valence-electron chi connectivity index (χ1n) is 9.93. The van der Waals surface area contributed by atoms with Gasteiger partial charge in [0.1, 0.15) is 6.04 Å². The molecular formula is C22H18N4O5S. The maximum Gasteiger partial charge on any atom is 0.254 e. The van der Waals surface area contributed by atoms with Gasteiger partial charge in [-0.1, -0.05) is 12.1 Å². The molecule has 0 saturated heterocycles. The van der Waals surface area contributed by atoms with Crippen molar-refractivity contribution in [2.24, 2.45) is 0 Å². The van der Waals surface area contributed by atoms with Crippen LogP contribution in [0.3, 0.4) is 0 Å². The van der Waals surface area contributed by atoms with Gasteiger partial charge in [0, 0.05) is 17.4 Å². The maximum atomic E-state index is 12.4. The molecule has 5 rings (SSSR count). The number of amides is 3. The zero-order valence-electron chi connectivity index (χ0n) is 16.7. The van der Waals surface area contributed by atoms with E-state index in [1.54, 1.807) is 24.3 Å². The van der Waals surface area contributed by atoms with Gasteiger partial charge in [-0.15, -0.1) is 11.3 Å². The van der Waals surface area contributed by atoms with Gasteiger partial charge in [-0.3, -0.25) is 14.4 Å². The molecule has 162 valence electrons. The molecule has 32 heavy (non-hydrogen) atoms. The van der Waals surface area contributed by atoms with Crippen molar-refractivity contribution >= 4 is 39.9 Å². The van der Waals surface area contributed by atoms with E-state index in [1.807, 2.05) is 23.6 Å². The Kier molecular flexibility index (Phi) is 5.20. The predicted molar refractivity (Wildman–Crippen MR) is 118 cm³/mol. The molecule has 2 aliphatic rings. The van der Waals surface area contributed by atoms with Gasteiger partial charge in [0.25, 0.3) is 5.91 Å². The van der Waals surface area contributed by atoms with Gasteiger partial charge in [0.2, 0.25) is 18.6 Å². The molecule has 1 aromatic heterocycles. The number of hydrogen-bond donors (Lipinski definition) is 3. The lowest BCUT2D eigenvalue weighted by atomic mass is 10.1. The largest absolute Gasteiger partial charge is 0.454 e. The summed E-state index contributed by atoms with van der Waals surface area (Å²) in [6.07, 6.45) is 0.214. The molecule has 0 spiro atoms. The minimum Gasteiger partial charge on any atom is -0.454 e. The average molecular weight is 450 g/mol. The quantitative estimate of drug-likeness (QED) is 0.550. The van der Waals surface area contributed by atoms with Crippen LogP contribution in [0.25, 0.3) is 11.3 Å². The summed E-state index contributed by atoms with van der Waals surface area (Å²) in [5.41, 5.74) is 2.41. The van der Waals surface area contributed by atoms with Crippen LogP contribution < -0.4 is 25.4 Å². The number of fused-ring (bicyclic) bond motifs is 2. The molecule has 0 unspecified atom stereocenters. The van der Waals surface area contributed by atoms with Crippen LogP contribution >= 0.6 is 11.3 Å². The van der Waals surface area contributed by atoms with Gasteiger partial charge in [-0.2, -0.15) is 0 Å². The molecule has 9 nitrogen and oxygen atoms in total. The monoisotopic (exact) mass is 450 g/mol. The summed E-state index contributed by atoms with van der Waals surface area (Å²) >= 11 is 1.30. The van der Waals surface area contributed by atoms with E-state index in [1.165, 1.54) is 11.3 Å². The molecule has 0 bridgehead atoms. The standard InChI is InChI=1S/C22H18N4O5S/c27-19(8-6-15-21(29)23-14-4-2-1-3-13(14)20(28)24-15)26-22-25-16(10-32-22)12-5-7-17-18(9-12)31-11-30-17/h1-5,7,9-10,15H,6,8,11H2,(H,23,29)(H,24,28)(H,25,26,27)/t15-/m0/s1. The van der Waals surface area contributed by atoms with E-state index in [9.17, 15) is 14.4 Å². The third kappa shape index (κ3) is 4.00. The van der Waals surface area contributed by atoms with Gasteiger partial charge in [0.05, 0.1) is 16.9 Å². The summed E-state index contributed by atoms with van der Waals surface area (Å²) in [5.74, 6) is 0.357. The number of anilines is 2. The Bertz CT molecular complexity index is 1220. The lowest BCUT2D eigenvalue weighted by Crippen LogP contribution is -2.41. The van der Waals surface area contributed by atoms with Gasteiger partial charge < -0.3 is 25.4 Å². The summed E-state index contributed by atoms with van der Waals surface area (Å²) in [6, 6.07) is 11.5. The Balaban J connectivity index is 1.19. The lowest BCUT2D eigenvalue weighted by molar-refractivity contribution is -0.118. The molecule has 0 fully saturated rings. The van der Waals surface area contributed by atoms with Crippen molar-refractivity contribution in [1.82, 2.24) is 10.3 Å². The lowest BCUT2D eigenvalue weighted by Gasteiger charge is -2.13. The highest BCUT2D eigenvalue weighted by Crippen LogP contribution is 2.36. The van der Waals surface area contributed by atoms with Gasteiger partial charge in [-0.05, 0) is 36.8 Å². The van der Waals surface area contributed by atoms with Crippen LogP contribution in [-0.2, 0) is 9.59 Å². The van der Waals surface area contributed by atoms with Crippen LogP contribution in [0.5, 0.6) is 11.5 Å². The molecule has 0 aliphatic carbocycles. The number of benzene rings is 2. The number of nitrogens with one attached hydrogen (secondary N) is 3. The fourth-order valence-corrected chi connectivity index (χ4v) is 4.23. The van der Waals surface area contributed by atoms with Crippen molar-refractivity contribution in [2.45, 2.75) is 18.9 Å². The molecule has 1 atom stereocenters. The number of carbonyl (C=O) groups is 3. The van der Waals surface area contributed by atoms with Gasteiger partial charge in [-0.25, -0.2) is 4.98 Å². The SMILES string of the molecule is O=C(CC[C@@H]1NC(=O)c2ccccc2NC1=O)Nc1nc(-c2ccc3c(c2)OCO3)cs1. The van der Waals surface area contributed by atoms with Crippen LogP contribution in [0.1, 0.15) is 23.2 Å². The first-order chi connectivity index (χ1) is 15.6. The Labute approximate surface area is 186 Å². The van der Waals surface area contributed by atoms with E-state index >= 15 is 0 Å². The molecule has 3 amide bonds. The zero-order chi connectivity index (χ0) is 22.1. The van der Waals surface area contributed by atoms with Crippen molar-refractivity contribution in [3.8, 4) is 22.8 Å². The summed E-state index contributed by atoms with van der Waals surface area (Å²) in [4.78, 5) is 41.7. The van der Waals surface area contributed by atoms with Crippen molar-refractivity contribution in [3.05, 3.63) is 53.4 Å². The third-order valence-corrected chi connectivity index (χ3v) is 5.89. The fraction of sp³-hybridized carbons (Fsp3) is 0.182. The second-order valence-corrected chi connectivity index (χ2v) is 8.11. The molecule has 10 heteroatoms. The third-order valence-electron chi connectivity index (χ3n) is 5.13. The molecule has 2 aliphatic heterocycles. The molecule has 3 heterocycles. The maximum absolute atomic E-state index is 12.4. The van der Waals surface area contributed by atoms with Crippen LogP contribution in [0.15, 0.2) is 47.8 Å². The van der Waals surface area contributed by atoms with Crippen LogP contribution in [-0.4, -0.2) is 35.5 Å². The van der Waals surface area contributed by atoms with E-state index in [-0.39, 0.29) is 37.4 Å². The van der Waals surface area contributed by atoms with E-state index < -0.39 is 6.04 Å². The average Bonchev–Trinajstić information content (AvgIpc) is 3.43. The fourth-order valence-electron chi connectivity index (χ4n) is 3.49. The second-order valence-electron chi connectivity index (χ2n) is 7.25. The first-order valence-corrected chi connectivity index (χ1v) is 10.8. The molecule has 3 N–H and O–H groups in total. The van der Waals surface area contributed by atoms with Crippen LogP contribution in [0.2, 0.25) is 0 Å². The topological polar surface area (TPSA) is 119 Å². The van der Waals surface area contributed by atoms with E-state index in [0.29, 0.717) is 33.6 Å². The zero-order valence-corrected chi connectivity index (χ0v) is 17.5. The highest BCUT2D eigenvalue weighted by atomic mass is 32.1. The molecular weight excluding hydrogens is 432 g/mol. The second kappa shape index (κ2) is 8.31. The number of carbonyl (C=O) groups excluding carboxylic acids is 3. The summed E-state index contributed by atoms with van der Waals surface area (Å²) < 4.78 is 10.7. The molecule has 3 aromatic rings. The number of hydrogen-bond acceptors (Lipinski definition) is 7. The summed E-state index contributed by atoms with van der Waals surface area (Å²) in [5, 5.41) is 10.5. The van der Waals surface area contributed by atoms with Crippen LogP contribution in [0, 0.1) is 0 Å². The number of aromatic nitrogens is 1. The van der Waals surface area contributed by atoms with Gasteiger partial charge in [0.15, 0.2) is 16.6 Å². The summed E-state index contributed by atoms with van der Waals surface area (Å²) in [7, 11) is 0. The normalized spacial score (nSPS) is 16.6. The Morgan fingerprint density at radius 2 is 2.00 bits per heavy atom. The number of thiazole rings is 1. The van der Waals surface area contributed by atoms with Gasteiger partial charge >= 0.3 is 0 Å². The minimum absolute atomic E-state index is 0.0493. The Morgan fingerprint density at radius 3 is 2.91 bits per heavy atom. The number of nitrogens with zero attached hydrogens (tertiary/aromatic N) is 1. The van der Waals surface area contributed by atoms with Crippen molar-refractivity contribution < 1.29 is 23.9 Å². The smallest absolute Gasteiger partial charge is 0.254 e. The first kappa shape index (κ1) is 20.0. The minimum atomic E-state index is -0.805. The highest BCUT2D eigenvalue weighted by molar-refractivity contribution is 7.14. The molecule has 0 saturated carbocycles. The highest BCUT2D eigenvalue weighted by Gasteiger charge is 2.28. The molecule has 2 aromatic carbocycles. The number of ether oxygens (including phenoxy) is 2. The number of para-hydroxylation sites is 1. The summed E-state index contributed by atoms with van der Waals surface area (Å²) in [6.45, 7) is 0.197. The molecule has 0 radical (unpaired) electrons.